The number of fused-ring (bicyclic) bond motifs is 2. The molecule has 2 bridgehead atoms. The highest BCUT2D eigenvalue weighted by atomic mass is 35.5. The third-order valence-electron chi connectivity index (χ3n) is 6.57. The Labute approximate surface area is 179 Å². The van der Waals surface area contributed by atoms with Gasteiger partial charge in [0.25, 0.3) is 0 Å². The molecule has 2 aliphatic heterocycles. The highest BCUT2D eigenvalue weighted by Crippen LogP contribution is 2.50. The van der Waals surface area contributed by atoms with Crippen molar-refractivity contribution in [1.82, 2.24) is 10.2 Å². The Balaban J connectivity index is 0.00000205. The SMILES string of the molecule is Cl.O=C(C1CC1c1ccc(OCc2ccccc2)cc1)N1C2CCNCC1CC2. The highest BCUT2D eigenvalue weighted by molar-refractivity contribution is 5.85. The van der Waals surface area contributed by atoms with Gasteiger partial charge in [0.15, 0.2) is 0 Å². The zero-order valence-corrected chi connectivity index (χ0v) is 17.4. The standard InChI is InChI=1S/C24H28N2O2.ClH/c27-24(26-19-8-9-20(26)15-25-13-12-19)23-14-22(23)18-6-10-21(11-7-18)28-16-17-4-2-1-3-5-17;/h1-7,10-11,19-20,22-23,25H,8-9,12-16H2;1H. The number of ether oxygens (including phenoxy) is 1. The molecule has 0 aromatic heterocycles. The molecule has 0 radical (unpaired) electrons. The fourth-order valence-electron chi connectivity index (χ4n) is 4.92. The molecule has 4 nitrogen and oxygen atoms in total. The molecule has 2 heterocycles. The summed E-state index contributed by atoms with van der Waals surface area (Å²) in [6, 6.07) is 19.4. The van der Waals surface area contributed by atoms with Crippen LogP contribution < -0.4 is 10.1 Å². The summed E-state index contributed by atoms with van der Waals surface area (Å²) < 4.78 is 5.88. The minimum atomic E-state index is 0. The molecule has 1 amide bonds. The van der Waals surface area contributed by atoms with Crippen LogP contribution in [0.2, 0.25) is 0 Å². The van der Waals surface area contributed by atoms with Gasteiger partial charge in [-0.1, -0.05) is 42.5 Å². The second-order valence-electron chi connectivity index (χ2n) is 8.42. The Morgan fingerprint density at radius 3 is 2.55 bits per heavy atom. The predicted octanol–water partition coefficient (Wildman–Crippen LogP) is 4.14. The first kappa shape index (κ1) is 20.2. The van der Waals surface area contributed by atoms with Gasteiger partial charge >= 0.3 is 0 Å². The molecule has 1 aliphatic carbocycles. The first-order valence-electron chi connectivity index (χ1n) is 10.6. The van der Waals surface area contributed by atoms with Crippen molar-refractivity contribution in [2.24, 2.45) is 5.92 Å². The summed E-state index contributed by atoms with van der Waals surface area (Å²) in [6.07, 6.45) is 4.44. The molecule has 154 valence electrons. The van der Waals surface area contributed by atoms with Crippen LogP contribution >= 0.6 is 12.4 Å². The average molecular weight is 413 g/mol. The molecule has 4 unspecified atom stereocenters. The number of carbonyl (C=O) groups is 1. The van der Waals surface area contributed by atoms with E-state index >= 15 is 0 Å². The fraction of sp³-hybridized carbons (Fsp3) is 0.458. The average Bonchev–Trinajstić information content (AvgIpc) is 3.46. The van der Waals surface area contributed by atoms with Gasteiger partial charge in [-0.25, -0.2) is 0 Å². The lowest BCUT2D eigenvalue weighted by molar-refractivity contribution is -0.135. The van der Waals surface area contributed by atoms with Crippen LogP contribution in [0.25, 0.3) is 0 Å². The molecule has 0 spiro atoms. The maximum atomic E-state index is 13.2. The summed E-state index contributed by atoms with van der Waals surface area (Å²) in [5.74, 6) is 1.84. The summed E-state index contributed by atoms with van der Waals surface area (Å²) >= 11 is 0. The van der Waals surface area contributed by atoms with E-state index < -0.39 is 0 Å². The molecule has 3 fully saturated rings. The van der Waals surface area contributed by atoms with Crippen LogP contribution in [0.5, 0.6) is 5.75 Å². The van der Waals surface area contributed by atoms with Crippen LogP contribution in [0, 0.1) is 5.92 Å². The van der Waals surface area contributed by atoms with Crippen molar-refractivity contribution >= 4 is 18.3 Å². The van der Waals surface area contributed by atoms with Crippen LogP contribution in [0.15, 0.2) is 54.6 Å². The largest absolute Gasteiger partial charge is 0.489 e. The molecular weight excluding hydrogens is 384 g/mol. The molecule has 4 atom stereocenters. The Morgan fingerprint density at radius 1 is 1.00 bits per heavy atom. The molecule has 1 N–H and O–H groups in total. The van der Waals surface area contributed by atoms with E-state index in [9.17, 15) is 4.79 Å². The van der Waals surface area contributed by atoms with Gasteiger partial charge < -0.3 is 15.0 Å². The molecule has 3 aliphatic rings. The van der Waals surface area contributed by atoms with Crippen LogP contribution in [0.3, 0.4) is 0 Å². The minimum absolute atomic E-state index is 0. The first-order valence-corrected chi connectivity index (χ1v) is 10.6. The lowest BCUT2D eigenvalue weighted by atomic mass is 10.1. The number of rotatable bonds is 5. The van der Waals surface area contributed by atoms with Crippen LogP contribution in [-0.2, 0) is 11.4 Å². The number of benzene rings is 2. The minimum Gasteiger partial charge on any atom is -0.489 e. The van der Waals surface area contributed by atoms with Gasteiger partial charge in [0.2, 0.25) is 5.91 Å². The summed E-state index contributed by atoms with van der Waals surface area (Å²) in [7, 11) is 0. The smallest absolute Gasteiger partial charge is 0.226 e. The maximum Gasteiger partial charge on any atom is 0.226 e. The monoisotopic (exact) mass is 412 g/mol. The first-order chi connectivity index (χ1) is 13.8. The molecule has 2 aromatic rings. The van der Waals surface area contributed by atoms with Gasteiger partial charge in [-0.15, -0.1) is 12.4 Å². The van der Waals surface area contributed by atoms with Crippen molar-refractivity contribution in [3.8, 4) is 5.75 Å². The summed E-state index contributed by atoms with van der Waals surface area (Å²) in [4.78, 5) is 15.4. The molecule has 2 saturated heterocycles. The van der Waals surface area contributed by atoms with Crippen LogP contribution in [0.1, 0.15) is 42.7 Å². The number of carbonyl (C=O) groups excluding carboxylic acids is 1. The lowest BCUT2D eigenvalue weighted by Crippen LogP contribution is -2.43. The van der Waals surface area contributed by atoms with E-state index in [1.807, 2.05) is 30.3 Å². The van der Waals surface area contributed by atoms with Gasteiger partial charge in [0.05, 0.1) is 0 Å². The van der Waals surface area contributed by atoms with Crippen molar-refractivity contribution in [2.75, 3.05) is 13.1 Å². The second-order valence-corrected chi connectivity index (χ2v) is 8.42. The second kappa shape index (κ2) is 8.76. The number of amides is 1. The van der Waals surface area contributed by atoms with Gasteiger partial charge in [0.1, 0.15) is 12.4 Å². The summed E-state index contributed by atoms with van der Waals surface area (Å²) in [6.45, 7) is 2.59. The quantitative estimate of drug-likeness (QED) is 0.802. The van der Waals surface area contributed by atoms with Crippen molar-refractivity contribution in [2.45, 2.75) is 50.3 Å². The van der Waals surface area contributed by atoms with Crippen molar-refractivity contribution in [3.05, 3.63) is 65.7 Å². The van der Waals surface area contributed by atoms with E-state index in [-0.39, 0.29) is 18.3 Å². The summed E-state index contributed by atoms with van der Waals surface area (Å²) in [5.41, 5.74) is 2.44. The molecule has 5 rings (SSSR count). The third kappa shape index (κ3) is 4.29. The molecule has 1 saturated carbocycles. The van der Waals surface area contributed by atoms with Crippen LogP contribution in [-0.4, -0.2) is 36.0 Å². The van der Waals surface area contributed by atoms with Gasteiger partial charge in [-0.2, -0.15) is 0 Å². The van der Waals surface area contributed by atoms with E-state index in [0.717, 1.165) is 38.1 Å². The number of hydrogen-bond donors (Lipinski definition) is 1. The third-order valence-corrected chi connectivity index (χ3v) is 6.57. The van der Waals surface area contributed by atoms with E-state index in [1.165, 1.54) is 17.5 Å². The molecule has 5 heteroatoms. The summed E-state index contributed by atoms with van der Waals surface area (Å²) in [5, 5.41) is 3.49. The number of nitrogens with zero attached hydrogens (tertiary/aromatic N) is 1. The van der Waals surface area contributed by atoms with E-state index in [4.69, 9.17) is 4.74 Å². The topological polar surface area (TPSA) is 41.6 Å². The normalized spacial score (nSPS) is 27.7. The Kier molecular flexibility index (Phi) is 6.12. The molecule has 2 aromatic carbocycles. The van der Waals surface area contributed by atoms with Gasteiger partial charge in [0, 0.05) is 24.5 Å². The Morgan fingerprint density at radius 2 is 1.76 bits per heavy atom. The van der Waals surface area contributed by atoms with Gasteiger partial charge in [-0.3, -0.25) is 4.79 Å². The maximum absolute atomic E-state index is 13.2. The number of halogens is 1. The number of hydrogen-bond acceptors (Lipinski definition) is 3. The predicted molar refractivity (Wildman–Crippen MR) is 116 cm³/mol. The Bertz CT molecular complexity index is 813. The Hall–Kier alpha value is -2.04. The van der Waals surface area contributed by atoms with Crippen molar-refractivity contribution < 1.29 is 9.53 Å². The zero-order chi connectivity index (χ0) is 18.9. The highest BCUT2D eigenvalue weighted by Gasteiger charge is 2.49. The van der Waals surface area contributed by atoms with Crippen molar-refractivity contribution in [1.29, 1.82) is 0 Å². The molecular formula is C24H29ClN2O2. The number of nitrogens with one attached hydrogen (secondary N) is 1. The zero-order valence-electron chi connectivity index (χ0n) is 16.6. The molecule has 29 heavy (non-hydrogen) atoms. The van der Waals surface area contributed by atoms with E-state index in [1.54, 1.807) is 0 Å². The lowest BCUT2D eigenvalue weighted by Gasteiger charge is -2.28. The fourth-order valence-corrected chi connectivity index (χ4v) is 4.92. The van der Waals surface area contributed by atoms with Crippen LogP contribution in [0.4, 0.5) is 0 Å². The van der Waals surface area contributed by atoms with Gasteiger partial charge in [-0.05, 0) is 61.4 Å². The van der Waals surface area contributed by atoms with Crippen molar-refractivity contribution in [3.63, 3.8) is 0 Å². The van der Waals surface area contributed by atoms with E-state index in [2.05, 4.69) is 34.5 Å². The van der Waals surface area contributed by atoms with E-state index in [0.29, 0.717) is 30.5 Å².